The maximum Gasteiger partial charge on any atom is 0.122 e. The second-order valence-corrected chi connectivity index (χ2v) is 3.98. The van der Waals surface area contributed by atoms with E-state index in [1.54, 1.807) is 0 Å². The zero-order chi connectivity index (χ0) is 9.97. The first-order valence-electron chi connectivity index (χ1n) is 5.64. The van der Waals surface area contributed by atoms with Crippen LogP contribution in [0.4, 0.5) is 0 Å². The van der Waals surface area contributed by atoms with Gasteiger partial charge < -0.3 is 10.3 Å². The van der Waals surface area contributed by atoms with Crippen molar-refractivity contribution < 1.29 is 0 Å². The van der Waals surface area contributed by atoms with Crippen LogP contribution >= 0.6 is 0 Å². The second kappa shape index (κ2) is 4.13. The number of hydrogen-bond acceptors (Lipinski definition) is 2. The van der Waals surface area contributed by atoms with E-state index in [-0.39, 0.29) is 0 Å². The lowest BCUT2D eigenvalue weighted by atomic mass is 10.1. The van der Waals surface area contributed by atoms with Gasteiger partial charge in [-0.25, -0.2) is 4.98 Å². The minimum absolute atomic E-state index is 0.580. The Kier molecular flexibility index (Phi) is 2.87. The molecule has 3 heteroatoms. The monoisotopic (exact) mass is 193 g/mol. The molecule has 0 bridgehead atoms. The van der Waals surface area contributed by atoms with Crippen LogP contribution in [0.1, 0.15) is 43.4 Å². The number of nitrogens with zero attached hydrogens (tertiary/aromatic N) is 2. The number of fused-ring (bicyclic) bond motifs is 1. The minimum Gasteiger partial charge on any atom is -0.331 e. The summed E-state index contributed by atoms with van der Waals surface area (Å²) < 4.78 is 2.34. The fraction of sp³-hybridized carbons (Fsp3) is 0.727. The molecule has 0 radical (unpaired) electrons. The summed E-state index contributed by atoms with van der Waals surface area (Å²) in [5.74, 6) is 1.09. The molecule has 2 rings (SSSR count). The maximum absolute atomic E-state index is 5.70. The first-order valence-corrected chi connectivity index (χ1v) is 5.64. The molecule has 0 amide bonds. The highest BCUT2D eigenvalue weighted by Crippen LogP contribution is 2.21. The van der Waals surface area contributed by atoms with Gasteiger partial charge in [-0.15, -0.1) is 0 Å². The molecule has 1 aromatic rings. The van der Waals surface area contributed by atoms with E-state index < -0.39 is 0 Å². The van der Waals surface area contributed by atoms with Crippen LogP contribution in [-0.4, -0.2) is 9.55 Å². The zero-order valence-electron chi connectivity index (χ0n) is 8.92. The SMILES string of the molecule is CCCc1nc(CN)n2c1CCCC2. The third kappa shape index (κ3) is 1.57. The lowest BCUT2D eigenvalue weighted by Crippen LogP contribution is -2.15. The molecule has 2 N–H and O–H groups in total. The third-order valence-electron chi connectivity index (χ3n) is 2.95. The number of hydrogen-bond donors (Lipinski definition) is 1. The Labute approximate surface area is 85.3 Å². The lowest BCUT2D eigenvalue weighted by molar-refractivity contribution is 0.512. The van der Waals surface area contributed by atoms with Crippen LogP contribution in [0.25, 0.3) is 0 Å². The second-order valence-electron chi connectivity index (χ2n) is 3.98. The van der Waals surface area contributed by atoms with Gasteiger partial charge in [0.05, 0.1) is 12.2 Å². The molecule has 0 unspecified atom stereocenters. The van der Waals surface area contributed by atoms with Crippen LogP contribution in [0, 0.1) is 0 Å². The van der Waals surface area contributed by atoms with E-state index in [1.165, 1.54) is 37.1 Å². The van der Waals surface area contributed by atoms with Crippen LogP contribution in [0.2, 0.25) is 0 Å². The van der Waals surface area contributed by atoms with Crippen molar-refractivity contribution in [3.8, 4) is 0 Å². The highest BCUT2D eigenvalue weighted by atomic mass is 15.1. The number of aromatic nitrogens is 2. The maximum atomic E-state index is 5.70. The van der Waals surface area contributed by atoms with E-state index in [2.05, 4.69) is 16.5 Å². The first-order chi connectivity index (χ1) is 6.86. The Morgan fingerprint density at radius 1 is 1.43 bits per heavy atom. The molecule has 0 atom stereocenters. The highest BCUT2D eigenvalue weighted by Gasteiger charge is 2.17. The molecule has 0 spiro atoms. The summed E-state index contributed by atoms with van der Waals surface area (Å²) in [7, 11) is 0. The summed E-state index contributed by atoms with van der Waals surface area (Å²) in [4.78, 5) is 4.64. The average Bonchev–Trinajstić information content (AvgIpc) is 2.58. The van der Waals surface area contributed by atoms with Crippen molar-refractivity contribution in [2.75, 3.05) is 0 Å². The van der Waals surface area contributed by atoms with Crippen LogP contribution in [0.3, 0.4) is 0 Å². The quantitative estimate of drug-likeness (QED) is 0.793. The van der Waals surface area contributed by atoms with Crippen molar-refractivity contribution >= 4 is 0 Å². The van der Waals surface area contributed by atoms with Gasteiger partial charge in [0.25, 0.3) is 0 Å². The molecule has 0 aromatic carbocycles. The normalized spacial score (nSPS) is 15.6. The Balaban J connectivity index is 2.36. The van der Waals surface area contributed by atoms with Crippen LogP contribution < -0.4 is 5.73 Å². The zero-order valence-corrected chi connectivity index (χ0v) is 8.92. The average molecular weight is 193 g/mol. The van der Waals surface area contributed by atoms with Gasteiger partial charge in [0.2, 0.25) is 0 Å². The molecule has 0 aliphatic carbocycles. The summed E-state index contributed by atoms with van der Waals surface area (Å²) in [5.41, 5.74) is 8.46. The Bertz CT molecular complexity index is 315. The largest absolute Gasteiger partial charge is 0.331 e. The van der Waals surface area contributed by atoms with Gasteiger partial charge in [0, 0.05) is 12.2 Å². The predicted octanol–water partition coefficient (Wildman–Crippen LogP) is 1.63. The summed E-state index contributed by atoms with van der Waals surface area (Å²) >= 11 is 0. The summed E-state index contributed by atoms with van der Waals surface area (Å²) in [6.45, 7) is 3.91. The fourth-order valence-electron chi connectivity index (χ4n) is 2.29. The molecule has 1 aliphatic heterocycles. The van der Waals surface area contributed by atoms with Crippen LogP contribution in [0.15, 0.2) is 0 Å². The third-order valence-corrected chi connectivity index (χ3v) is 2.95. The molecule has 1 aromatic heterocycles. The predicted molar refractivity (Wildman–Crippen MR) is 57.1 cm³/mol. The molecule has 78 valence electrons. The van der Waals surface area contributed by atoms with Gasteiger partial charge in [0.15, 0.2) is 0 Å². The van der Waals surface area contributed by atoms with Gasteiger partial charge in [-0.05, 0) is 25.7 Å². The molecule has 0 fully saturated rings. The molecule has 0 saturated carbocycles. The van der Waals surface area contributed by atoms with Crippen molar-refractivity contribution in [1.82, 2.24) is 9.55 Å². The van der Waals surface area contributed by atoms with E-state index in [9.17, 15) is 0 Å². The van der Waals surface area contributed by atoms with Gasteiger partial charge in [-0.3, -0.25) is 0 Å². The van der Waals surface area contributed by atoms with Crippen molar-refractivity contribution in [2.45, 2.75) is 52.1 Å². The number of nitrogens with two attached hydrogens (primary N) is 1. The molecular weight excluding hydrogens is 174 g/mol. The standard InChI is InChI=1S/C11H19N3/c1-2-5-9-10-6-3-4-7-14(10)11(8-12)13-9/h2-8,12H2,1H3. The van der Waals surface area contributed by atoms with Gasteiger partial charge in [-0.1, -0.05) is 13.3 Å². The van der Waals surface area contributed by atoms with E-state index in [1.807, 2.05) is 0 Å². The van der Waals surface area contributed by atoms with Gasteiger partial charge in [0.1, 0.15) is 5.82 Å². The van der Waals surface area contributed by atoms with Crippen molar-refractivity contribution in [3.63, 3.8) is 0 Å². The van der Waals surface area contributed by atoms with E-state index in [0.29, 0.717) is 6.54 Å². The Morgan fingerprint density at radius 2 is 2.29 bits per heavy atom. The Morgan fingerprint density at radius 3 is 3.00 bits per heavy atom. The molecule has 14 heavy (non-hydrogen) atoms. The number of aryl methyl sites for hydroxylation is 1. The van der Waals surface area contributed by atoms with Crippen LogP contribution in [0.5, 0.6) is 0 Å². The van der Waals surface area contributed by atoms with Gasteiger partial charge >= 0.3 is 0 Å². The topological polar surface area (TPSA) is 43.8 Å². The summed E-state index contributed by atoms with van der Waals surface area (Å²) in [6.07, 6.45) is 6.07. The molecule has 0 saturated heterocycles. The number of imidazole rings is 1. The fourth-order valence-corrected chi connectivity index (χ4v) is 2.29. The van der Waals surface area contributed by atoms with Crippen molar-refractivity contribution in [1.29, 1.82) is 0 Å². The molecule has 1 aliphatic rings. The van der Waals surface area contributed by atoms with Crippen molar-refractivity contribution in [2.24, 2.45) is 5.73 Å². The Hall–Kier alpha value is -0.830. The smallest absolute Gasteiger partial charge is 0.122 e. The molecular formula is C11H19N3. The molecule has 3 nitrogen and oxygen atoms in total. The summed E-state index contributed by atoms with van der Waals surface area (Å²) in [6, 6.07) is 0. The van der Waals surface area contributed by atoms with E-state index in [4.69, 9.17) is 5.73 Å². The highest BCUT2D eigenvalue weighted by molar-refractivity contribution is 5.19. The number of rotatable bonds is 3. The van der Waals surface area contributed by atoms with Crippen molar-refractivity contribution in [3.05, 3.63) is 17.2 Å². The molecule has 2 heterocycles. The lowest BCUT2D eigenvalue weighted by Gasteiger charge is -2.16. The first kappa shape index (κ1) is 9.71. The minimum atomic E-state index is 0.580. The van der Waals surface area contributed by atoms with Gasteiger partial charge in [-0.2, -0.15) is 0 Å². The van der Waals surface area contributed by atoms with Crippen LogP contribution in [-0.2, 0) is 25.9 Å². The van der Waals surface area contributed by atoms with E-state index >= 15 is 0 Å². The van der Waals surface area contributed by atoms with E-state index in [0.717, 1.165) is 18.8 Å². The summed E-state index contributed by atoms with van der Waals surface area (Å²) in [5, 5.41) is 0.